The molecule has 0 aliphatic carbocycles. The van der Waals surface area contributed by atoms with Gasteiger partial charge in [-0.05, 0) is 25.0 Å². The lowest BCUT2D eigenvalue weighted by Gasteiger charge is -2.10. The third kappa shape index (κ3) is 2.43. The number of hydrogen-bond donors (Lipinski definition) is 0. The van der Waals surface area contributed by atoms with Gasteiger partial charge in [0.05, 0.1) is 5.56 Å². The highest BCUT2D eigenvalue weighted by Crippen LogP contribution is 2.29. The fourth-order valence-corrected chi connectivity index (χ4v) is 1.82. The van der Waals surface area contributed by atoms with Crippen LogP contribution in [0.15, 0.2) is 24.5 Å². The van der Waals surface area contributed by atoms with E-state index in [1.54, 1.807) is 25.1 Å². The maximum Gasteiger partial charge on any atom is 0.227 e. The van der Waals surface area contributed by atoms with Crippen molar-refractivity contribution in [1.29, 1.82) is 0 Å². The molecule has 18 heavy (non-hydrogen) atoms. The molecular weight excluding hydrogens is 255 g/mol. The topological polar surface area (TPSA) is 35.0 Å². The Morgan fingerprint density at radius 2 is 2.11 bits per heavy atom. The second-order valence-electron chi connectivity index (χ2n) is 3.79. The number of hydrogen-bond acceptors (Lipinski definition) is 3. The van der Waals surface area contributed by atoms with E-state index in [0.717, 1.165) is 0 Å². The van der Waals surface area contributed by atoms with Crippen LogP contribution in [-0.2, 0) is 6.42 Å². The van der Waals surface area contributed by atoms with Crippen LogP contribution < -0.4 is 4.74 Å². The van der Waals surface area contributed by atoms with Gasteiger partial charge in [0.2, 0.25) is 5.88 Å². The van der Waals surface area contributed by atoms with E-state index in [0.29, 0.717) is 28.6 Å². The lowest BCUT2D eigenvalue weighted by molar-refractivity contribution is 0.420. The summed E-state index contributed by atoms with van der Waals surface area (Å²) in [5.41, 5.74) is 1.19. The molecule has 94 valence electrons. The van der Waals surface area contributed by atoms with Crippen LogP contribution in [0, 0.1) is 12.7 Å². The van der Waals surface area contributed by atoms with Crippen LogP contribution >= 0.6 is 11.6 Å². The molecule has 0 saturated heterocycles. The van der Waals surface area contributed by atoms with Crippen LogP contribution in [0.1, 0.15) is 18.1 Å². The molecule has 3 nitrogen and oxygen atoms in total. The number of halogens is 2. The molecule has 1 aromatic heterocycles. The largest absolute Gasteiger partial charge is 0.435 e. The highest BCUT2D eigenvalue weighted by Gasteiger charge is 2.13. The Kier molecular flexibility index (Phi) is 3.77. The molecule has 0 radical (unpaired) electrons. The summed E-state index contributed by atoms with van der Waals surface area (Å²) in [6.45, 7) is 3.58. The summed E-state index contributed by atoms with van der Waals surface area (Å²) in [4.78, 5) is 7.86. The Hall–Kier alpha value is -1.68. The van der Waals surface area contributed by atoms with Gasteiger partial charge in [0, 0.05) is 0 Å². The minimum absolute atomic E-state index is 0.138. The van der Waals surface area contributed by atoms with Gasteiger partial charge in [-0.15, -0.1) is 0 Å². The van der Waals surface area contributed by atoms with E-state index in [9.17, 15) is 4.39 Å². The van der Waals surface area contributed by atoms with Crippen molar-refractivity contribution in [2.24, 2.45) is 0 Å². The van der Waals surface area contributed by atoms with Crippen molar-refractivity contribution in [2.45, 2.75) is 20.3 Å². The average Bonchev–Trinajstić information content (AvgIpc) is 2.35. The van der Waals surface area contributed by atoms with Crippen molar-refractivity contribution in [2.75, 3.05) is 0 Å². The van der Waals surface area contributed by atoms with Crippen molar-refractivity contribution >= 4 is 11.6 Å². The fraction of sp³-hybridized carbons (Fsp3) is 0.231. The van der Waals surface area contributed by atoms with Crippen molar-refractivity contribution in [1.82, 2.24) is 9.97 Å². The first-order chi connectivity index (χ1) is 8.63. The minimum Gasteiger partial charge on any atom is -0.435 e. The van der Waals surface area contributed by atoms with E-state index in [-0.39, 0.29) is 5.75 Å². The van der Waals surface area contributed by atoms with Crippen LogP contribution in [0.3, 0.4) is 0 Å². The molecule has 0 N–H and O–H groups in total. The van der Waals surface area contributed by atoms with Gasteiger partial charge in [-0.3, -0.25) is 0 Å². The van der Waals surface area contributed by atoms with E-state index in [1.165, 1.54) is 6.33 Å². The van der Waals surface area contributed by atoms with Gasteiger partial charge in [-0.25, -0.2) is 14.4 Å². The third-order valence-corrected chi connectivity index (χ3v) is 2.90. The molecule has 0 spiro atoms. The Balaban J connectivity index is 2.40. The van der Waals surface area contributed by atoms with Crippen molar-refractivity contribution in [3.05, 3.63) is 46.6 Å². The Morgan fingerprint density at radius 3 is 2.83 bits per heavy atom. The summed E-state index contributed by atoms with van der Waals surface area (Å²) >= 11 is 5.94. The summed E-state index contributed by atoms with van der Waals surface area (Å²) in [5.74, 6) is 0.0377. The number of benzene rings is 1. The highest BCUT2D eigenvalue weighted by atomic mass is 35.5. The number of rotatable bonds is 3. The normalized spacial score (nSPS) is 10.4. The monoisotopic (exact) mass is 266 g/mol. The number of aromatic nitrogens is 2. The van der Waals surface area contributed by atoms with E-state index in [2.05, 4.69) is 9.97 Å². The second-order valence-corrected chi connectivity index (χ2v) is 4.15. The van der Waals surface area contributed by atoms with Gasteiger partial charge < -0.3 is 4.74 Å². The number of aryl methyl sites for hydroxylation is 1. The molecule has 0 aliphatic rings. The number of ether oxygens (including phenoxy) is 1. The summed E-state index contributed by atoms with van der Waals surface area (Å²) < 4.78 is 19.3. The van der Waals surface area contributed by atoms with Crippen LogP contribution in [0.25, 0.3) is 0 Å². The highest BCUT2D eigenvalue weighted by molar-refractivity contribution is 6.30. The van der Waals surface area contributed by atoms with Gasteiger partial charge in [-0.2, -0.15) is 0 Å². The maximum absolute atomic E-state index is 13.8. The first-order valence-electron chi connectivity index (χ1n) is 5.55. The molecule has 0 unspecified atom stereocenters. The van der Waals surface area contributed by atoms with Gasteiger partial charge in [-0.1, -0.05) is 30.7 Å². The summed E-state index contributed by atoms with van der Waals surface area (Å²) in [7, 11) is 0. The zero-order valence-electron chi connectivity index (χ0n) is 10.1. The predicted octanol–water partition coefficient (Wildman–Crippen LogP) is 3.93. The van der Waals surface area contributed by atoms with Crippen LogP contribution in [0.2, 0.25) is 5.15 Å². The molecule has 0 fully saturated rings. The van der Waals surface area contributed by atoms with Crippen molar-refractivity contribution < 1.29 is 9.13 Å². The molecule has 0 bridgehead atoms. The second kappa shape index (κ2) is 5.31. The van der Waals surface area contributed by atoms with Gasteiger partial charge in [0.1, 0.15) is 11.5 Å². The molecule has 2 rings (SSSR count). The standard InChI is InChI=1S/C13H12ClFN2O/c1-3-9-12(14)16-7-17-13(9)18-10-6-4-5-8(2)11(10)15/h4-7H,3H2,1-2H3. The van der Waals surface area contributed by atoms with Gasteiger partial charge in [0.15, 0.2) is 11.6 Å². The Bertz CT molecular complexity index is 575. The lowest BCUT2D eigenvalue weighted by Crippen LogP contribution is -1.98. The van der Waals surface area contributed by atoms with E-state index < -0.39 is 5.82 Å². The zero-order chi connectivity index (χ0) is 13.1. The molecule has 1 aromatic carbocycles. The zero-order valence-corrected chi connectivity index (χ0v) is 10.8. The van der Waals surface area contributed by atoms with E-state index in [1.807, 2.05) is 6.92 Å². The molecule has 0 amide bonds. The smallest absolute Gasteiger partial charge is 0.227 e. The molecule has 5 heteroatoms. The minimum atomic E-state index is -0.394. The summed E-state index contributed by atoms with van der Waals surface area (Å²) in [6, 6.07) is 4.95. The summed E-state index contributed by atoms with van der Waals surface area (Å²) in [6.07, 6.45) is 1.91. The maximum atomic E-state index is 13.8. The number of nitrogens with zero attached hydrogens (tertiary/aromatic N) is 2. The van der Waals surface area contributed by atoms with Crippen LogP contribution in [-0.4, -0.2) is 9.97 Å². The quantitative estimate of drug-likeness (QED) is 0.790. The van der Waals surface area contributed by atoms with E-state index in [4.69, 9.17) is 16.3 Å². The Labute approximate surface area is 110 Å². The third-order valence-electron chi connectivity index (χ3n) is 2.57. The lowest BCUT2D eigenvalue weighted by atomic mass is 10.2. The van der Waals surface area contributed by atoms with E-state index >= 15 is 0 Å². The fourth-order valence-electron chi connectivity index (χ4n) is 1.56. The predicted molar refractivity (Wildman–Crippen MR) is 67.6 cm³/mol. The SMILES string of the molecule is CCc1c(Cl)ncnc1Oc1cccc(C)c1F. The molecule has 2 aromatic rings. The first kappa shape index (κ1) is 12.8. The Morgan fingerprint density at radius 1 is 1.33 bits per heavy atom. The van der Waals surface area contributed by atoms with Crippen LogP contribution in [0.4, 0.5) is 4.39 Å². The van der Waals surface area contributed by atoms with Crippen LogP contribution in [0.5, 0.6) is 11.6 Å². The molecule has 0 saturated carbocycles. The van der Waals surface area contributed by atoms with Gasteiger partial charge >= 0.3 is 0 Å². The average molecular weight is 267 g/mol. The van der Waals surface area contributed by atoms with Crippen molar-refractivity contribution in [3.63, 3.8) is 0 Å². The van der Waals surface area contributed by atoms with Crippen molar-refractivity contribution in [3.8, 4) is 11.6 Å². The molecule has 0 atom stereocenters. The molecular formula is C13H12ClFN2O. The first-order valence-corrected chi connectivity index (χ1v) is 5.93. The molecule has 0 aliphatic heterocycles. The molecule has 1 heterocycles. The van der Waals surface area contributed by atoms with Gasteiger partial charge in [0.25, 0.3) is 0 Å². The summed E-state index contributed by atoms with van der Waals surface area (Å²) in [5, 5.41) is 0.329.